The molecule has 0 atom stereocenters. The third-order valence-electron chi connectivity index (χ3n) is 3.43. The van der Waals surface area contributed by atoms with Crippen molar-refractivity contribution in [2.45, 2.75) is 19.4 Å². The number of nitrogens with two attached hydrogens (primary N) is 1. The zero-order chi connectivity index (χ0) is 17.0. The fourth-order valence-electron chi connectivity index (χ4n) is 2.17. The van der Waals surface area contributed by atoms with E-state index in [0.717, 1.165) is 30.9 Å². The quantitative estimate of drug-likeness (QED) is 0.259. The number of anilines is 1. The van der Waals surface area contributed by atoms with Gasteiger partial charge in [-0.25, -0.2) is 0 Å². The molecule has 0 saturated carbocycles. The maximum Gasteiger partial charge on any atom is 0.193 e. The van der Waals surface area contributed by atoms with Gasteiger partial charge in [0.2, 0.25) is 0 Å². The Hall–Kier alpha value is -1.80. The van der Waals surface area contributed by atoms with Gasteiger partial charge >= 0.3 is 0 Å². The molecule has 0 aliphatic heterocycles. The van der Waals surface area contributed by atoms with Gasteiger partial charge in [-0.15, -0.1) is 24.0 Å². The fraction of sp³-hybridized carbons (Fsp3) is 0.316. The van der Waals surface area contributed by atoms with Gasteiger partial charge in [-0.05, 0) is 30.5 Å². The zero-order valence-electron chi connectivity index (χ0n) is 14.5. The van der Waals surface area contributed by atoms with Gasteiger partial charge in [-0.2, -0.15) is 0 Å². The molecule has 0 unspecified atom stereocenters. The number of nitrogens with zero attached hydrogens (tertiary/aromatic N) is 1. The highest BCUT2D eigenvalue weighted by atomic mass is 127. The van der Waals surface area contributed by atoms with Crippen LogP contribution in [0.1, 0.15) is 18.4 Å². The van der Waals surface area contributed by atoms with E-state index in [1.165, 1.54) is 5.56 Å². The Morgan fingerprint density at radius 3 is 2.64 bits per heavy atom. The minimum absolute atomic E-state index is 0. The predicted octanol–water partition coefficient (Wildman–Crippen LogP) is 4.04. The summed E-state index contributed by atoms with van der Waals surface area (Å²) in [6, 6.07) is 17.8. The first-order chi connectivity index (χ1) is 11.8. The lowest BCUT2D eigenvalue weighted by atomic mass is 10.2. The van der Waals surface area contributed by atoms with Crippen molar-refractivity contribution in [1.82, 2.24) is 0 Å². The number of unbranched alkanes of at least 4 members (excludes halogenated alkanes) is 1. The summed E-state index contributed by atoms with van der Waals surface area (Å²) in [6.07, 6.45) is 1.90. The average molecular weight is 455 g/mol. The second-order valence-corrected chi connectivity index (χ2v) is 5.37. The van der Waals surface area contributed by atoms with Crippen molar-refractivity contribution in [2.24, 2.45) is 10.7 Å². The minimum Gasteiger partial charge on any atom is -0.497 e. The van der Waals surface area contributed by atoms with E-state index in [1.54, 1.807) is 7.11 Å². The molecule has 0 aliphatic rings. The van der Waals surface area contributed by atoms with E-state index >= 15 is 0 Å². The standard InChI is InChI=1S/C19H25N3O2.HI/c1-23-18-11-7-10-17(14-18)22-19(20)21-12-5-6-13-24-15-16-8-3-2-4-9-16;/h2-4,7-11,14H,5-6,12-13,15H2,1H3,(H3,20,21,22);1H. The van der Waals surface area contributed by atoms with E-state index in [2.05, 4.69) is 22.4 Å². The summed E-state index contributed by atoms with van der Waals surface area (Å²) < 4.78 is 10.8. The van der Waals surface area contributed by atoms with Crippen LogP contribution in [0.3, 0.4) is 0 Å². The number of hydrogen-bond acceptors (Lipinski definition) is 3. The average Bonchev–Trinajstić information content (AvgIpc) is 2.62. The number of aliphatic imine (C=N–C) groups is 1. The highest BCUT2D eigenvalue weighted by Crippen LogP contribution is 2.16. The molecule has 3 N–H and O–H groups in total. The van der Waals surface area contributed by atoms with Crippen molar-refractivity contribution in [3.8, 4) is 5.75 Å². The number of rotatable bonds is 9. The fourth-order valence-corrected chi connectivity index (χ4v) is 2.17. The van der Waals surface area contributed by atoms with Crippen LogP contribution in [0.4, 0.5) is 5.69 Å². The van der Waals surface area contributed by atoms with E-state index < -0.39 is 0 Å². The van der Waals surface area contributed by atoms with Gasteiger partial charge < -0.3 is 20.5 Å². The van der Waals surface area contributed by atoms with Gasteiger partial charge in [-0.3, -0.25) is 4.99 Å². The SMILES string of the molecule is COc1cccc(NC(N)=NCCCCOCc2ccccc2)c1.I. The Morgan fingerprint density at radius 1 is 1.08 bits per heavy atom. The van der Waals surface area contributed by atoms with Gasteiger partial charge in [0.05, 0.1) is 13.7 Å². The molecule has 0 amide bonds. The molecule has 5 nitrogen and oxygen atoms in total. The lowest BCUT2D eigenvalue weighted by Crippen LogP contribution is -2.22. The van der Waals surface area contributed by atoms with E-state index in [9.17, 15) is 0 Å². The molecule has 0 saturated heterocycles. The Morgan fingerprint density at radius 2 is 1.88 bits per heavy atom. The summed E-state index contributed by atoms with van der Waals surface area (Å²) in [6.45, 7) is 2.06. The van der Waals surface area contributed by atoms with Crippen LogP contribution in [0, 0.1) is 0 Å². The third-order valence-corrected chi connectivity index (χ3v) is 3.43. The molecule has 0 aromatic heterocycles. The molecule has 0 spiro atoms. The molecule has 0 radical (unpaired) electrons. The summed E-state index contributed by atoms with van der Waals surface area (Å²) in [5.41, 5.74) is 7.94. The van der Waals surface area contributed by atoms with Gasteiger partial charge in [0.25, 0.3) is 0 Å². The number of hydrogen-bond donors (Lipinski definition) is 2. The largest absolute Gasteiger partial charge is 0.497 e. The summed E-state index contributed by atoms with van der Waals surface area (Å²) in [7, 11) is 1.64. The number of benzene rings is 2. The molecule has 2 aromatic rings. The molecule has 2 rings (SSSR count). The minimum atomic E-state index is 0. The lowest BCUT2D eigenvalue weighted by Gasteiger charge is -2.07. The Labute approximate surface area is 166 Å². The molecule has 0 bridgehead atoms. The van der Waals surface area contributed by atoms with E-state index in [0.29, 0.717) is 19.1 Å². The molecule has 6 heteroatoms. The van der Waals surface area contributed by atoms with Crippen LogP contribution in [0.25, 0.3) is 0 Å². The normalized spacial score (nSPS) is 10.8. The predicted molar refractivity (Wildman–Crippen MR) is 114 cm³/mol. The second-order valence-electron chi connectivity index (χ2n) is 5.37. The van der Waals surface area contributed by atoms with Crippen molar-refractivity contribution >= 4 is 35.6 Å². The topological polar surface area (TPSA) is 68.9 Å². The van der Waals surface area contributed by atoms with Gasteiger partial charge in [-0.1, -0.05) is 36.4 Å². The molecule has 2 aromatic carbocycles. The first-order valence-electron chi connectivity index (χ1n) is 8.10. The van der Waals surface area contributed by atoms with E-state index in [4.69, 9.17) is 15.2 Å². The summed E-state index contributed by atoms with van der Waals surface area (Å²) in [4.78, 5) is 4.32. The second kappa shape index (κ2) is 12.5. The van der Waals surface area contributed by atoms with E-state index in [-0.39, 0.29) is 24.0 Å². The Kier molecular flexibility index (Phi) is 10.7. The first kappa shape index (κ1) is 21.2. The van der Waals surface area contributed by atoms with Crippen molar-refractivity contribution in [3.63, 3.8) is 0 Å². The van der Waals surface area contributed by atoms with Gasteiger partial charge in [0, 0.05) is 24.9 Å². The highest BCUT2D eigenvalue weighted by Gasteiger charge is 1.97. The summed E-state index contributed by atoms with van der Waals surface area (Å²) in [5.74, 6) is 1.19. The number of halogens is 1. The van der Waals surface area contributed by atoms with Crippen LogP contribution in [-0.2, 0) is 11.3 Å². The van der Waals surface area contributed by atoms with Crippen LogP contribution in [0.2, 0.25) is 0 Å². The van der Waals surface area contributed by atoms with Gasteiger partial charge in [0.1, 0.15) is 5.75 Å². The van der Waals surface area contributed by atoms with Crippen LogP contribution in [0.15, 0.2) is 59.6 Å². The number of methoxy groups -OCH3 is 1. The van der Waals surface area contributed by atoms with Crippen molar-refractivity contribution < 1.29 is 9.47 Å². The molecule has 0 fully saturated rings. The van der Waals surface area contributed by atoms with Crippen LogP contribution in [-0.4, -0.2) is 26.2 Å². The molecular formula is C19H26IN3O2. The third kappa shape index (κ3) is 8.74. The van der Waals surface area contributed by atoms with E-state index in [1.807, 2.05) is 42.5 Å². The number of ether oxygens (including phenoxy) is 2. The molecule has 0 heterocycles. The summed E-state index contributed by atoms with van der Waals surface area (Å²) >= 11 is 0. The van der Waals surface area contributed by atoms with Gasteiger partial charge in [0.15, 0.2) is 5.96 Å². The monoisotopic (exact) mass is 455 g/mol. The van der Waals surface area contributed by atoms with Crippen molar-refractivity contribution in [3.05, 3.63) is 60.2 Å². The lowest BCUT2D eigenvalue weighted by molar-refractivity contribution is 0.117. The van der Waals surface area contributed by atoms with Crippen LogP contribution in [0.5, 0.6) is 5.75 Å². The molecule has 136 valence electrons. The van der Waals surface area contributed by atoms with Crippen molar-refractivity contribution in [1.29, 1.82) is 0 Å². The maximum absolute atomic E-state index is 5.88. The number of nitrogens with one attached hydrogen (secondary N) is 1. The molecular weight excluding hydrogens is 429 g/mol. The molecule has 0 aliphatic carbocycles. The molecule has 25 heavy (non-hydrogen) atoms. The number of guanidine groups is 1. The van der Waals surface area contributed by atoms with Crippen LogP contribution < -0.4 is 15.8 Å². The first-order valence-corrected chi connectivity index (χ1v) is 8.10. The zero-order valence-corrected chi connectivity index (χ0v) is 16.8. The van der Waals surface area contributed by atoms with Crippen LogP contribution >= 0.6 is 24.0 Å². The summed E-state index contributed by atoms with van der Waals surface area (Å²) in [5, 5.41) is 3.06. The highest BCUT2D eigenvalue weighted by molar-refractivity contribution is 14.0. The Bertz CT molecular complexity index is 636. The Balaban J connectivity index is 0.00000312. The smallest absolute Gasteiger partial charge is 0.193 e. The van der Waals surface area contributed by atoms with Crippen molar-refractivity contribution in [2.75, 3.05) is 25.6 Å². The maximum atomic E-state index is 5.88.